The minimum absolute atomic E-state index is 0.0357. The average molecular weight is 403 g/mol. The minimum atomic E-state index is -3.52. The number of carbonyl (C=O) groups excluding carboxylic acids is 1. The molecule has 2 aromatic rings. The lowest BCUT2D eigenvalue weighted by Gasteiger charge is -2.19. The molecule has 1 unspecified atom stereocenters. The van der Waals surface area contributed by atoms with Crippen molar-refractivity contribution in [1.82, 2.24) is 14.6 Å². The zero-order valence-corrected chi connectivity index (χ0v) is 17.0. The van der Waals surface area contributed by atoms with E-state index in [1.54, 1.807) is 32.2 Å². The second kappa shape index (κ2) is 8.70. The van der Waals surface area contributed by atoms with E-state index in [-0.39, 0.29) is 16.8 Å². The van der Waals surface area contributed by atoms with Gasteiger partial charge in [0.2, 0.25) is 10.0 Å². The lowest BCUT2D eigenvalue weighted by molar-refractivity contribution is 0.0940. The molecule has 1 aliphatic rings. The zero-order valence-electron chi connectivity index (χ0n) is 16.2. The molecule has 0 spiro atoms. The number of carbonyl (C=O) groups is 1. The van der Waals surface area contributed by atoms with Crippen LogP contribution in [0, 0.1) is 0 Å². The third-order valence-electron chi connectivity index (χ3n) is 4.96. The van der Waals surface area contributed by atoms with E-state index in [2.05, 4.69) is 15.2 Å². The fourth-order valence-corrected chi connectivity index (χ4v) is 4.84. The SMILES string of the molecule is CCN(CC)S(=O)(=O)c1ccc(C(=O)NC2CCN(c3ccccn3)C2)cc1. The molecule has 1 fully saturated rings. The molecule has 2 heterocycles. The summed E-state index contributed by atoms with van der Waals surface area (Å²) in [5.74, 6) is 0.713. The van der Waals surface area contributed by atoms with Gasteiger partial charge < -0.3 is 10.2 Å². The van der Waals surface area contributed by atoms with Crippen LogP contribution in [-0.2, 0) is 10.0 Å². The minimum Gasteiger partial charge on any atom is -0.354 e. The summed E-state index contributed by atoms with van der Waals surface area (Å²) in [4.78, 5) is 19.2. The van der Waals surface area contributed by atoms with Gasteiger partial charge in [0.1, 0.15) is 5.82 Å². The molecule has 1 atom stereocenters. The Labute approximate surface area is 166 Å². The number of anilines is 1. The molecule has 1 aromatic heterocycles. The number of nitrogens with one attached hydrogen (secondary N) is 1. The number of amides is 1. The number of aromatic nitrogens is 1. The number of hydrogen-bond acceptors (Lipinski definition) is 5. The van der Waals surface area contributed by atoms with Gasteiger partial charge in [-0.25, -0.2) is 13.4 Å². The first-order valence-corrected chi connectivity index (χ1v) is 11.0. The molecule has 0 bridgehead atoms. The summed E-state index contributed by atoms with van der Waals surface area (Å²) in [6.07, 6.45) is 2.60. The predicted molar refractivity (Wildman–Crippen MR) is 109 cm³/mol. The Bertz CT molecular complexity index is 897. The van der Waals surface area contributed by atoms with Crippen LogP contribution in [0.2, 0.25) is 0 Å². The number of sulfonamides is 1. The van der Waals surface area contributed by atoms with Crippen molar-refractivity contribution < 1.29 is 13.2 Å². The number of rotatable bonds is 7. The molecule has 3 rings (SSSR count). The number of benzene rings is 1. The van der Waals surface area contributed by atoms with Gasteiger partial charge in [-0.05, 0) is 42.8 Å². The molecule has 1 saturated heterocycles. The predicted octanol–water partition coefficient (Wildman–Crippen LogP) is 2.12. The lowest BCUT2D eigenvalue weighted by atomic mass is 10.2. The van der Waals surface area contributed by atoms with Gasteiger partial charge in [0, 0.05) is 44.0 Å². The van der Waals surface area contributed by atoms with E-state index in [4.69, 9.17) is 0 Å². The van der Waals surface area contributed by atoms with Crippen LogP contribution in [0.25, 0.3) is 0 Å². The zero-order chi connectivity index (χ0) is 20.1. The van der Waals surface area contributed by atoms with Gasteiger partial charge in [0.05, 0.1) is 4.90 Å². The molecule has 1 amide bonds. The average Bonchev–Trinajstić information content (AvgIpc) is 3.18. The molecule has 0 saturated carbocycles. The highest BCUT2D eigenvalue weighted by atomic mass is 32.2. The quantitative estimate of drug-likeness (QED) is 0.767. The third-order valence-corrected chi connectivity index (χ3v) is 7.02. The molecule has 7 nitrogen and oxygen atoms in total. The van der Waals surface area contributed by atoms with Gasteiger partial charge in [-0.1, -0.05) is 19.9 Å². The summed E-state index contributed by atoms with van der Waals surface area (Å²) in [6, 6.07) is 11.9. The molecular weight excluding hydrogens is 376 g/mol. The Morgan fingerprint density at radius 1 is 1.18 bits per heavy atom. The number of nitrogens with zero attached hydrogens (tertiary/aromatic N) is 3. The highest BCUT2D eigenvalue weighted by Crippen LogP contribution is 2.19. The Morgan fingerprint density at radius 2 is 1.89 bits per heavy atom. The first kappa shape index (κ1) is 20.3. The standard InChI is InChI=1S/C20H26N4O3S/c1-3-24(4-2)28(26,27)18-10-8-16(9-11-18)20(25)22-17-12-14-23(15-17)19-7-5-6-13-21-19/h5-11,13,17H,3-4,12,14-15H2,1-2H3,(H,22,25). The van der Waals surface area contributed by atoms with Crippen LogP contribution >= 0.6 is 0 Å². The lowest BCUT2D eigenvalue weighted by Crippen LogP contribution is -2.37. The van der Waals surface area contributed by atoms with Crippen molar-refractivity contribution in [2.75, 3.05) is 31.1 Å². The Hall–Kier alpha value is -2.45. The molecule has 0 aliphatic carbocycles. The number of hydrogen-bond donors (Lipinski definition) is 1. The van der Waals surface area contributed by atoms with Gasteiger partial charge >= 0.3 is 0 Å². The second-order valence-electron chi connectivity index (χ2n) is 6.71. The van der Waals surface area contributed by atoms with E-state index in [1.807, 2.05) is 18.2 Å². The van der Waals surface area contributed by atoms with Crippen LogP contribution in [0.3, 0.4) is 0 Å². The van der Waals surface area contributed by atoms with Gasteiger partial charge in [-0.2, -0.15) is 4.31 Å². The Balaban J connectivity index is 1.63. The van der Waals surface area contributed by atoms with Gasteiger partial charge in [-0.15, -0.1) is 0 Å². The van der Waals surface area contributed by atoms with Crippen LogP contribution in [0.1, 0.15) is 30.6 Å². The van der Waals surface area contributed by atoms with Crippen molar-refractivity contribution in [2.24, 2.45) is 0 Å². The maximum absolute atomic E-state index is 12.5. The van der Waals surface area contributed by atoms with Crippen molar-refractivity contribution in [2.45, 2.75) is 31.2 Å². The summed E-state index contributed by atoms with van der Waals surface area (Å²) in [7, 11) is -3.52. The summed E-state index contributed by atoms with van der Waals surface area (Å²) < 4.78 is 26.5. The molecule has 28 heavy (non-hydrogen) atoms. The largest absolute Gasteiger partial charge is 0.354 e. The van der Waals surface area contributed by atoms with Crippen LogP contribution in [0.4, 0.5) is 5.82 Å². The van der Waals surface area contributed by atoms with Crippen molar-refractivity contribution >= 4 is 21.7 Å². The molecule has 8 heteroatoms. The maximum atomic E-state index is 12.5. The van der Waals surface area contributed by atoms with Crippen LogP contribution in [-0.4, -0.2) is 55.8 Å². The van der Waals surface area contributed by atoms with Crippen molar-refractivity contribution in [3.63, 3.8) is 0 Å². The summed E-state index contributed by atoms with van der Waals surface area (Å²) in [5.41, 5.74) is 0.454. The highest BCUT2D eigenvalue weighted by Gasteiger charge is 2.26. The highest BCUT2D eigenvalue weighted by molar-refractivity contribution is 7.89. The fraction of sp³-hybridized carbons (Fsp3) is 0.400. The summed E-state index contributed by atoms with van der Waals surface area (Å²) >= 11 is 0. The van der Waals surface area contributed by atoms with E-state index >= 15 is 0 Å². The smallest absolute Gasteiger partial charge is 0.251 e. The monoisotopic (exact) mass is 402 g/mol. The first-order valence-electron chi connectivity index (χ1n) is 9.52. The fourth-order valence-electron chi connectivity index (χ4n) is 3.39. The van der Waals surface area contributed by atoms with E-state index in [0.717, 1.165) is 18.8 Å². The van der Waals surface area contributed by atoms with E-state index in [9.17, 15) is 13.2 Å². The van der Waals surface area contributed by atoms with Crippen LogP contribution in [0.5, 0.6) is 0 Å². The van der Waals surface area contributed by atoms with Gasteiger partial charge in [0.15, 0.2) is 0 Å². The third kappa shape index (κ3) is 4.34. The van der Waals surface area contributed by atoms with Crippen molar-refractivity contribution in [3.05, 3.63) is 54.2 Å². The van der Waals surface area contributed by atoms with Crippen LogP contribution < -0.4 is 10.2 Å². The Kier molecular flexibility index (Phi) is 6.31. The molecular formula is C20H26N4O3S. The van der Waals surface area contributed by atoms with Gasteiger partial charge in [0.25, 0.3) is 5.91 Å². The molecule has 1 aliphatic heterocycles. The van der Waals surface area contributed by atoms with Gasteiger partial charge in [-0.3, -0.25) is 4.79 Å². The second-order valence-corrected chi connectivity index (χ2v) is 8.64. The van der Waals surface area contributed by atoms with E-state index < -0.39 is 10.0 Å². The molecule has 1 N–H and O–H groups in total. The normalized spacial score (nSPS) is 17.1. The summed E-state index contributed by atoms with van der Waals surface area (Å²) in [6.45, 7) is 5.97. The maximum Gasteiger partial charge on any atom is 0.251 e. The van der Waals surface area contributed by atoms with Crippen molar-refractivity contribution in [3.8, 4) is 0 Å². The molecule has 1 aromatic carbocycles. The van der Waals surface area contributed by atoms with E-state index in [0.29, 0.717) is 25.2 Å². The van der Waals surface area contributed by atoms with E-state index in [1.165, 1.54) is 16.4 Å². The van der Waals surface area contributed by atoms with Crippen LogP contribution in [0.15, 0.2) is 53.6 Å². The first-order chi connectivity index (χ1) is 13.5. The topological polar surface area (TPSA) is 82.6 Å². The summed E-state index contributed by atoms with van der Waals surface area (Å²) in [5, 5.41) is 3.03. The molecule has 150 valence electrons. The Morgan fingerprint density at radius 3 is 2.50 bits per heavy atom. The molecule has 0 radical (unpaired) electrons. The van der Waals surface area contributed by atoms with Crippen molar-refractivity contribution in [1.29, 1.82) is 0 Å². The number of pyridine rings is 1.